The van der Waals surface area contributed by atoms with E-state index in [1.54, 1.807) is 12.3 Å². The molecular formula is C28H26N2O5. The van der Waals surface area contributed by atoms with E-state index in [4.69, 9.17) is 9.47 Å². The van der Waals surface area contributed by atoms with E-state index < -0.39 is 12.0 Å². The van der Waals surface area contributed by atoms with Gasteiger partial charge in [0, 0.05) is 17.6 Å². The first kappa shape index (κ1) is 22.5. The first-order valence-electron chi connectivity index (χ1n) is 11.6. The van der Waals surface area contributed by atoms with Gasteiger partial charge in [-0.25, -0.2) is 4.79 Å². The monoisotopic (exact) mass is 470 g/mol. The third kappa shape index (κ3) is 4.71. The number of para-hydroxylation sites is 1. The molecule has 178 valence electrons. The highest BCUT2D eigenvalue weighted by Gasteiger charge is 2.26. The lowest BCUT2D eigenvalue weighted by atomic mass is 9.90. The summed E-state index contributed by atoms with van der Waals surface area (Å²) in [6.07, 6.45) is 1.65. The molecule has 0 bridgehead atoms. The van der Waals surface area contributed by atoms with Crippen LogP contribution in [-0.2, 0) is 17.6 Å². The molecule has 0 aliphatic carbocycles. The van der Waals surface area contributed by atoms with Crippen LogP contribution < -0.4 is 14.8 Å². The second-order valence-electron chi connectivity index (χ2n) is 8.79. The Bertz CT molecular complexity index is 1380. The van der Waals surface area contributed by atoms with Gasteiger partial charge in [0.2, 0.25) is 12.7 Å². The van der Waals surface area contributed by atoms with E-state index >= 15 is 0 Å². The van der Waals surface area contributed by atoms with E-state index in [1.807, 2.05) is 73.7 Å². The standard InChI is InChI=1S/C28H26N2O5/c1-18(13-21-16-30(28(32)33)24-10-6-5-9-22(21)24)29-27(31)23(14-19-7-3-2-4-8-19)20-11-12-25-26(15-20)35-17-34-25/h2-12,15-16,18,23H,13-14,17H2,1H3,(H,29,31)(H,32,33)/t18-,23?/m1/s1. The van der Waals surface area contributed by atoms with Crippen molar-refractivity contribution in [2.24, 2.45) is 0 Å². The van der Waals surface area contributed by atoms with Crippen LogP contribution in [0.5, 0.6) is 11.5 Å². The molecule has 0 saturated heterocycles. The molecule has 7 heteroatoms. The predicted octanol–water partition coefficient (Wildman–Crippen LogP) is 4.97. The maximum absolute atomic E-state index is 13.5. The summed E-state index contributed by atoms with van der Waals surface area (Å²) in [6, 6.07) is 22.7. The zero-order valence-electron chi connectivity index (χ0n) is 19.3. The lowest BCUT2D eigenvalue weighted by molar-refractivity contribution is -0.123. The lowest BCUT2D eigenvalue weighted by Crippen LogP contribution is -2.38. The zero-order chi connectivity index (χ0) is 24.4. The normalized spacial score (nSPS) is 14.0. The maximum Gasteiger partial charge on any atom is 0.416 e. The van der Waals surface area contributed by atoms with Crippen molar-refractivity contribution in [3.05, 3.63) is 95.7 Å². The van der Waals surface area contributed by atoms with Gasteiger partial charge in [-0.05, 0) is 54.7 Å². The van der Waals surface area contributed by atoms with Crippen molar-refractivity contribution in [3.63, 3.8) is 0 Å². The number of carboxylic acid groups (broad SMARTS) is 1. The number of nitrogens with one attached hydrogen (secondary N) is 1. The maximum atomic E-state index is 13.5. The van der Waals surface area contributed by atoms with Crippen LogP contribution in [0.25, 0.3) is 10.9 Å². The first-order valence-corrected chi connectivity index (χ1v) is 11.6. The van der Waals surface area contributed by atoms with E-state index in [-0.39, 0.29) is 18.7 Å². The highest BCUT2D eigenvalue weighted by Crippen LogP contribution is 2.35. The van der Waals surface area contributed by atoms with Crippen molar-refractivity contribution in [1.29, 1.82) is 0 Å². The molecule has 0 fully saturated rings. The van der Waals surface area contributed by atoms with Crippen LogP contribution in [0.3, 0.4) is 0 Å². The number of benzene rings is 3. The van der Waals surface area contributed by atoms with Gasteiger partial charge in [-0.3, -0.25) is 9.36 Å². The molecule has 1 aliphatic rings. The van der Waals surface area contributed by atoms with Crippen molar-refractivity contribution in [1.82, 2.24) is 9.88 Å². The Morgan fingerprint density at radius 3 is 2.51 bits per heavy atom. The molecular weight excluding hydrogens is 444 g/mol. The number of hydrogen-bond donors (Lipinski definition) is 2. The molecule has 3 aromatic carbocycles. The van der Waals surface area contributed by atoms with Crippen molar-refractivity contribution in [3.8, 4) is 11.5 Å². The van der Waals surface area contributed by atoms with Gasteiger partial charge in [-0.2, -0.15) is 0 Å². The summed E-state index contributed by atoms with van der Waals surface area (Å²) >= 11 is 0. The molecule has 0 radical (unpaired) electrons. The third-order valence-corrected chi connectivity index (χ3v) is 6.31. The fourth-order valence-electron chi connectivity index (χ4n) is 4.64. The molecule has 2 heterocycles. The Labute approximate surface area is 202 Å². The van der Waals surface area contributed by atoms with Crippen LogP contribution in [0.4, 0.5) is 4.79 Å². The minimum Gasteiger partial charge on any atom is -0.464 e. The molecule has 1 amide bonds. The Morgan fingerprint density at radius 2 is 1.71 bits per heavy atom. The number of carbonyl (C=O) groups excluding carboxylic acids is 1. The van der Waals surface area contributed by atoms with Crippen LogP contribution >= 0.6 is 0 Å². The second kappa shape index (κ2) is 9.54. The van der Waals surface area contributed by atoms with E-state index in [9.17, 15) is 14.7 Å². The van der Waals surface area contributed by atoms with E-state index in [2.05, 4.69) is 5.32 Å². The van der Waals surface area contributed by atoms with Gasteiger partial charge < -0.3 is 19.9 Å². The molecule has 1 unspecified atom stereocenters. The summed E-state index contributed by atoms with van der Waals surface area (Å²) in [6.45, 7) is 2.11. The lowest BCUT2D eigenvalue weighted by Gasteiger charge is -2.21. The summed E-state index contributed by atoms with van der Waals surface area (Å²) < 4.78 is 12.2. The molecule has 1 aliphatic heterocycles. The molecule has 35 heavy (non-hydrogen) atoms. The largest absolute Gasteiger partial charge is 0.464 e. The molecule has 0 spiro atoms. The van der Waals surface area contributed by atoms with Gasteiger partial charge in [-0.15, -0.1) is 0 Å². The summed E-state index contributed by atoms with van der Waals surface area (Å²) in [5.41, 5.74) is 3.42. The molecule has 5 rings (SSSR count). The minimum absolute atomic E-state index is 0.0952. The number of fused-ring (bicyclic) bond motifs is 2. The topological polar surface area (TPSA) is 89.8 Å². The smallest absolute Gasteiger partial charge is 0.416 e. The van der Waals surface area contributed by atoms with Gasteiger partial charge in [-0.1, -0.05) is 54.6 Å². The number of aromatic nitrogens is 1. The highest BCUT2D eigenvalue weighted by atomic mass is 16.7. The Hall–Kier alpha value is -4.26. The fourth-order valence-corrected chi connectivity index (χ4v) is 4.64. The Morgan fingerprint density at radius 1 is 0.971 bits per heavy atom. The molecule has 0 saturated carbocycles. The summed E-state index contributed by atoms with van der Waals surface area (Å²) in [4.78, 5) is 25.2. The SMILES string of the molecule is C[C@H](Cc1cn(C(=O)O)c2ccccc12)NC(=O)C(Cc1ccccc1)c1ccc2c(c1)OCO2. The van der Waals surface area contributed by atoms with Crippen LogP contribution in [0.2, 0.25) is 0 Å². The van der Waals surface area contributed by atoms with Crippen LogP contribution in [0.15, 0.2) is 79.0 Å². The Kier molecular flexibility index (Phi) is 6.14. The van der Waals surface area contributed by atoms with E-state index in [0.29, 0.717) is 29.9 Å². The first-order chi connectivity index (χ1) is 17.0. The van der Waals surface area contributed by atoms with Gasteiger partial charge >= 0.3 is 6.09 Å². The van der Waals surface area contributed by atoms with Crippen molar-refractivity contribution in [2.45, 2.75) is 31.7 Å². The van der Waals surface area contributed by atoms with Crippen LogP contribution in [0.1, 0.15) is 29.5 Å². The second-order valence-corrected chi connectivity index (χ2v) is 8.79. The Balaban J connectivity index is 1.38. The number of rotatable bonds is 7. The van der Waals surface area contributed by atoms with Gasteiger partial charge in [0.05, 0.1) is 11.4 Å². The summed E-state index contributed by atoms with van der Waals surface area (Å²) in [7, 11) is 0. The van der Waals surface area contributed by atoms with Gasteiger partial charge in [0.15, 0.2) is 11.5 Å². The number of amides is 1. The van der Waals surface area contributed by atoms with Gasteiger partial charge in [0.1, 0.15) is 0 Å². The van der Waals surface area contributed by atoms with E-state index in [1.165, 1.54) is 4.57 Å². The average Bonchev–Trinajstić information content (AvgIpc) is 3.47. The van der Waals surface area contributed by atoms with E-state index in [0.717, 1.165) is 22.1 Å². The quantitative estimate of drug-likeness (QED) is 0.398. The fraction of sp³-hybridized carbons (Fsp3) is 0.214. The number of ether oxygens (including phenoxy) is 2. The van der Waals surface area contributed by atoms with Crippen molar-refractivity contribution < 1.29 is 24.2 Å². The third-order valence-electron chi connectivity index (χ3n) is 6.31. The van der Waals surface area contributed by atoms with Gasteiger partial charge in [0.25, 0.3) is 0 Å². The number of hydrogen-bond acceptors (Lipinski definition) is 4. The molecule has 1 aromatic heterocycles. The van der Waals surface area contributed by atoms with Crippen molar-refractivity contribution in [2.75, 3.05) is 6.79 Å². The molecule has 2 atom stereocenters. The van der Waals surface area contributed by atoms with Crippen molar-refractivity contribution >= 4 is 22.9 Å². The van der Waals surface area contributed by atoms with Crippen LogP contribution in [-0.4, -0.2) is 34.5 Å². The molecule has 2 N–H and O–H groups in total. The summed E-state index contributed by atoms with van der Waals surface area (Å²) in [5.74, 6) is 0.801. The minimum atomic E-state index is -1.03. The number of carbonyl (C=O) groups is 2. The zero-order valence-corrected chi connectivity index (χ0v) is 19.3. The average molecular weight is 471 g/mol. The predicted molar refractivity (Wildman–Crippen MR) is 132 cm³/mol. The molecule has 7 nitrogen and oxygen atoms in total. The molecule has 4 aromatic rings. The van der Waals surface area contributed by atoms with Crippen LogP contribution in [0, 0.1) is 0 Å². The highest BCUT2D eigenvalue weighted by molar-refractivity contribution is 5.91. The number of nitrogens with zero attached hydrogens (tertiary/aromatic N) is 1. The summed E-state index contributed by atoms with van der Waals surface area (Å²) in [5, 5.41) is 13.6.